The van der Waals surface area contributed by atoms with Gasteiger partial charge in [-0.05, 0) is 48.4 Å². The van der Waals surface area contributed by atoms with Gasteiger partial charge in [0.25, 0.3) is 11.7 Å². The van der Waals surface area contributed by atoms with Gasteiger partial charge in [-0.1, -0.05) is 22.0 Å². The number of anilines is 1. The van der Waals surface area contributed by atoms with E-state index < -0.39 is 11.7 Å². The lowest BCUT2D eigenvalue weighted by molar-refractivity contribution is -0.114. The van der Waals surface area contributed by atoms with Crippen LogP contribution in [0.15, 0.2) is 40.9 Å². The molecule has 0 unspecified atom stereocenters. The molecule has 1 aliphatic heterocycles. The molecule has 1 amide bonds. The first-order valence-electron chi connectivity index (χ1n) is 6.38. The number of ketones is 1. The van der Waals surface area contributed by atoms with Crippen molar-refractivity contribution in [3.05, 3.63) is 63.4 Å². The van der Waals surface area contributed by atoms with E-state index in [4.69, 9.17) is 0 Å². The molecule has 0 aliphatic carbocycles. The minimum Gasteiger partial charge on any atom is -0.300 e. The Bertz CT molecular complexity index is 773. The first-order valence-corrected chi connectivity index (χ1v) is 7.17. The number of halogens is 2. The maximum atomic E-state index is 13.4. The number of hydrogen-bond acceptors (Lipinski definition) is 2. The summed E-state index contributed by atoms with van der Waals surface area (Å²) in [5.74, 6) is -1.46. The van der Waals surface area contributed by atoms with Crippen LogP contribution in [0.25, 0.3) is 0 Å². The van der Waals surface area contributed by atoms with Crippen LogP contribution in [0.2, 0.25) is 0 Å². The molecule has 3 rings (SSSR count). The topological polar surface area (TPSA) is 37.4 Å². The fourth-order valence-electron chi connectivity index (χ4n) is 2.41. The van der Waals surface area contributed by atoms with Gasteiger partial charge in [-0.25, -0.2) is 4.39 Å². The van der Waals surface area contributed by atoms with Gasteiger partial charge in [0.15, 0.2) is 0 Å². The van der Waals surface area contributed by atoms with Crippen molar-refractivity contribution in [2.45, 2.75) is 13.5 Å². The maximum absolute atomic E-state index is 13.4. The summed E-state index contributed by atoms with van der Waals surface area (Å²) in [6.07, 6.45) is 0. The van der Waals surface area contributed by atoms with Crippen LogP contribution in [0, 0.1) is 12.7 Å². The minimum atomic E-state index is -0.577. The van der Waals surface area contributed by atoms with Crippen LogP contribution < -0.4 is 4.90 Å². The third-order valence-electron chi connectivity index (χ3n) is 3.57. The first-order chi connectivity index (χ1) is 9.97. The molecule has 0 fully saturated rings. The van der Waals surface area contributed by atoms with Crippen molar-refractivity contribution in [3.63, 3.8) is 0 Å². The lowest BCUT2D eigenvalue weighted by Crippen LogP contribution is -2.29. The monoisotopic (exact) mass is 347 g/mol. The maximum Gasteiger partial charge on any atom is 0.299 e. The molecule has 0 saturated carbocycles. The smallest absolute Gasteiger partial charge is 0.299 e. The first kappa shape index (κ1) is 13.9. The second-order valence-corrected chi connectivity index (χ2v) is 5.87. The van der Waals surface area contributed by atoms with Crippen LogP contribution in [-0.4, -0.2) is 11.7 Å². The molecule has 0 bridgehead atoms. The van der Waals surface area contributed by atoms with E-state index in [2.05, 4.69) is 15.9 Å². The predicted molar refractivity (Wildman–Crippen MR) is 80.8 cm³/mol. The van der Waals surface area contributed by atoms with E-state index in [9.17, 15) is 14.0 Å². The average Bonchev–Trinajstić information content (AvgIpc) is 2.67. The van der Waals surface area contributed by atoms with Gasteiger partial charge < -0.3 is 4.90 Å². The number of rotatable bonds is 2. The zero-order chi connectivity index (χ0) is 15.1. The van der Waals surface area contributed by atoms with Gasteiger partial charge in [-0.2, -0.15) is 0 Å². The number of amides is 1. The Labute approximate surface area is 129 Å². The van der Waals surface area contributed by atoms with Crippen molar-refractivity contribution in [2.24, 2.45) is 0 Å². The fraction of sp³-hybridized carbons (Fsp3) is 0.125. The van der Waals surface area contributed by atoms with Gasteiger partial charge in [0, 0.05) is 4.47 Å². The van der Waals surface area contributed by atoms with Crippen molar-refractivity contribution in [1.29, 1.82) is 0 Å². The Morgan fingerprint density at radius 1 is 1.14 bits per heavy atom. The van der Waals surface area contributed by atoms with E-state index in [-0.39, 0.29) is 12.4 Å². The number of Topliss-reactive ketones (excluding diaryl/α,β-unsaturated/α-hetero) is 1. The molecule has 0 spiro atoms. The molecule has 1 heterocycles. The van der Waals surface area contributed by atoms with E-state index in [1.54, 1.807) is 24.3 Å². The van der Waals surface area contributed by atoms with Gasteiger partial charge in [0.2, 0.25) is 0 Å². The highest BCUT2D eigenvalue weighted by atomic mass is 79.9. The van der Waals surface area contributed by atoms with Gasteiger partial charge in [-0.15, -0.1) is 0 Å². The summed E-state index contributed by atoms with van der Waals surface area (Å²) in [7, 11) is 0. The molecule has 2 aromatic carbocycles. The summed E-state index contributed by atoms with van der Waals surface area (Å²) >= 11 is 3.33. The Balaban J connectivity index is 2.04. The van der Waals surface area contributed by atoms with E-state index in [0.29, 0.717) is 16.8 Å². The van der Waals surface area contributed by atoms with E-state index >= 15 is 0 Å². The van der Waals surface area contributed by atoms with E-state index in [0.717, 1.165) is 10.0 Å². The molecule has 5 heteroatoms. The Morgan fingerprint density at radius 2 is 1.90 bits per heavy atom. The number of fused-ring (bicyclic) bond motifs is 1. The lowest BCUT2D eigenvalue weighted by atomic mass is 10.1. The number of carbonyl (C=O) groups excluding carboxylic acids is 2. The quantitative estimate of drug-likeness (QED) is 0.778. The summed E-state index contributed by atoms with van der Waals surface area (Å²) in [5.41, 5.74) is 2.50. The zero-order valence-electron chi connectivity index (χ0n) is 11.2. The summed E-state index contributed by atoms with van der Waals surface area (Å²) in [6, 6.07) is 9.50. The largest absolute Gasteiger partial charge is 0.300 e. The summed E-state index contributed by atoms with van der Waals surface area (Å²) in [4.78, 5) is 25.5. The van der Waals surface area contributed by atoms with Crippen LogP contribution in [0.1, 0.15) is 21.5 Å². The molecule has 1 aliphatic rings. The highest BCUT2D eigenvalue weighted by Gasteiger charge is 2.35. The molecule has 3 nitrogen and oxygen atoms in total. The molecule has 0 atom stereocenters. The summed E-state index contributed by atoms with van der Waals surface area (Å²) < 4.78 is 14.2. The predicted octanol–water partition coefficient (Wildman–Crippen LogP) is 3.63. The standard InChI is InChI=1S/C16H11BrFNO2/c1-9-2-4-12(18)6-10(9)8-19-14-7-11(17)3-5-13(14)15(20)16(19)21/h2-7H,8H2,1H3. The molecule has 106 valence electrons. The molecular weight excluding hydrogens is 337 g/mol. The number of carbonyl (C=O) groups is 2. The van der Waals surface area contributed by atoms with E-state index in [1.807, 2.05) is 6.92 Å². The summed E-state index contributed by atoms with van der Waals surface area (Å²) in [5, 5.41) is 0. The third kappa shape index (κ3) is 2.38. The molecule has 0 radical (unpaired) electrons. The number of benzene rings is 2. The lowest BCUT2D eigenvalue weighted by Gasteiger charge is -2.18. The minimum absolute atomic E-state index is 0.178. The van der Waals surface area contributed by atoms with Crippen LogP contribution in [-0.2, 0) is 11.3 Å². The molecular formula is C16H11BrFNO2. The third-order valence-corrected chi connectivity index (χ3v) is 4.07. The van der Waals surface area contributed by atoms with Gasteiger partial charge >= 0.3 is 0 Å². The van der Waals surface area contributed by atoms with Gasteiger partial charge in [0.05, 0.1) is 17.8 Å². The highest BCUT2D eigenvalue weighted by Crippen LogP contribution is 2.33. The number of nitrogens with zero attached hydrogens (tertiary/aromatic N) is 1. The van der Waals surface area contributed by atoms with Gasteiger partial charge in [0.1, 0.15) is 5.82 Å². The number of hydrogen-bond donors (Lipinski definition) is 0. The normalized spacial score (nSPS) is 13.8. The van der Waals surface area contributed by atoms with Crippen molar-refractivity contribution < 1.29 is 14.0 Å². The summed E-state index contributed by atoms with van der Waals surface area (Å²) in [6.45, 7) is 2.02. The average molecular weight is 348 g/mol. The van der Waals surface area contributed by atoms with Crippen molar-refractivity contribution in [3.8, 4) is 0 Å². The fourth-order valence-corrected chi connectivity index (χ4v) is 2.75. The molecule has 0 N–H and O–H groups in total. The van der Waals surface area contributed by atoms with Crippen LogP contribution in [0.3, 0.4) is 0 Å². The SMILES string of the molecule is Cc1ccc(F)cc1CN1C(=O)C(=O)c2ccc(Br)cc21. The Kier molecular flexibility index (Phi) is 3.37. The molecule has 21 heavy (non-hydrogen) atoms. The van der Waals surface area contributed by atoms with Crippen LogP contribution in [0.5, 0.6) is 0 Å². The number of aryl methyl sites for hydroxylation is 1. The zero-order valence-corrected chi connectivity index (χ0v) is 12.8. The highest BCUT2D eigenvalue weighted by molar-refractivity contribution is 9.10. The second kappa shape index (κ2) is 5.07. The van der Waals surface area contributed by atoms with Crippen molar-refractivity contribution in [2.75, 3.05) is 4.90 Å². The Hall–Kier alpha value is -2.01. The second-order valence-electron chi connectivity index (χ2n) is 4.95. The molecule has 0 aromatic heterocycles. The van der Waals surface area contributed by atoms with Gasteiger partial charge in [-0.3, -0.25) is 9.59 Å². The molecule has 0 saturated heterocycles. The van der Waals surface area contributed by atoms with Crippen molar-refractivity contribution >= 4 is 33.3 Å². The van der Waals surface area contributed by atoms with Crippen LogP contribution >= 0.6 is 15.9 Å². The van der Waals surface area contributed by atoms with E-state index in [1.165, 1.54) is 17.0 Å². The molecule has 2 aromatic rings. The van der Waals surface area contributed by atoms with Crippen molar-refractivity contribution in [1.82, 2.24) is 0 Å². The Morgan fingerprint density at radius 3 is 2.67 bits per heavy atom. The van der Waals surface area contributed by atoms with Crippen LogP contribution in [0.4, 0.5) is 10.1 Å².